The van der Waals surface area contributed by atoms with Gasteiger partial charge in [0.1, 0.15) is 6.17 Å². The van der Waals surface area contributed by atoms with E-state index < -0.39 is 0 Å². The summed E-state index contributed by atoms with van der Waals surface area (Å²) >= 11 is 0. The molecule has 4 rings (SSSR count). The van der Waals surface area contributed by atoms with E-state index in [2.05, 4.69) is 10.6 Å². The summed E-state index contributed by atoms with van der Waals surface area (Å²) in [6.07, 6.45) is -0.241. The average molecular weight is 336 g/mol. The normalized spacial score (nSPS) is 19.4. The first kappa shape index (κ1) is 15.5. The van der Waals surface area contributed by atoms with Gasteiger partial charge in [0.05, 0.1) is 5.56 Å². The molecule has 0 radical (unpaired) electrons. The van der Waals surface area contributed by atoms with E-state index in [0.29, 0.717) is 31.7 Å². The standard InChI is InChI=1S/C19H20N4O2/c24-18-15-8-4-5-9-16(15)21-17(14-6-2-1-3-7-14)23(18)13-12-22-11-10-20-19(22)25/h1-9,17,21H,10-13H2,(H,20,25)/t17-/m0/s1. The van der Waals surface area contributed by atoms with Crippen molar-refractivity contribution >= 4 is 17.6 Å². The summed E-state index contributed by atoms with van der Waals surface area (Å²) in [6, 6.07) is 17.4. The number of carbonyl (C=O) groups excluding carboxylic acids is 2. The number of fused-ring (bicyclic) bond motifs is 1. The number of hydrogen-bond donors (Lipinski definition) is 2. The molecule has 6 nitrogen and oxygen atoms in total. The number of benzene rings is 2. The maximum absolute atomic E-state index is 13.1. The van der Waals surface area contributed by atoms with E-state index in [9.17, 15) is 9.59 Å². The van der Waals surface area contributed by atoms with Gasteiger partial charge < -0.3 is 20.4 Å². The van der Waals surface area contributed by atoms with Gasteiger partial charge in [-0.25, -0.2) is 4.79 Å². The first-order valence-corrected chi connectivity index (χ1v) is 8.48. The maximum atomic E-state index is 13.1. The van der Waals surface area contributed by atoms with Gasteiger partial charge in [0, 0.05) is 31.9 Å². The third kappa shape index (κ3) is 2.91. The fourth-order valence-electron chi connectivity index (χ4n) is 3.37. The fraction of sp³-hybridized carbons (Fsp3) is 0.263. The molecule has 128 valence electrons. The summed E-state index contributed by atoms with van der Waals surface area (Å²) in [5, 5.41) is 6.26. The van der Waals surface area contributed by atoms with Crippen LogP contribution in [0.2, 0.25) is 0 Å². The van der Waals surface area contributed by atoms with Crippen molar-refractivity contribution in [1.82, 2.24) is 15.1 Å². The number of urea groups is 1. The van der Waals surface area contributed by atoms with Gasteiger partial charge in [-0.05, 0) is 17.7 Å². The molecule has 2 aromatic carbocycles. The molecule has 1 saturated heterocycles. The molecule has 2 N–H and O–H groups in total. The van der Waals surface area contributed by atoms with Crippen LogP contribution in [0.5, 0.6) is 0 Å². The Hall–Kier alpha value is -3.02. The maximum Gasteiger partial charge on any atom is 0.317 e. The zero-order valence-electron chi connectivity index (χ0n) is 13.8. The van der Waals surface area contributed by atoms with Crippen LogP contribution in [-0.2, 0) is 0 Å². The van der Waals surface area contributed by atoms with Crippen molar-refractivity contribution in [3.8, 4) is 0 Å². The number of carbonyl (C=O) groups is 2. The number of hydrogen-bond acceptors (Lipinski definition) is 3. The molecule has 0 aromatic heterocycles. The molecule has 1 atom stereocenters. The molecule has 3 amide bonds. The first-order chi connectivity index (χ1) is 12.2. The first-order valence-electron chi connectivity index (χ1n) is 8.48. The van der Waals surface area contributed by atoms with E-state index in [1.54, 1.807) is 4.90 Å². The van der Waals surface area contributed by atoms with Crippen LogP contribution in [-0.4, -0.2) is 47.9 Å². The Morgan fingerprint density at radius 1 is 0.960 bits per heavy atom. The molecule has 25 heavy (non-hydrogen) atoms. The predicted octanol–water partition coefficient (Wildman–Crippen LogP) is 2.28. The highest BCUT2D eigenvalue weighted by Gasteiger charge is 2.33. The Balaban J connectivity index is 1.62. The van der Waals surface area contributed by atoms with Crippen LogP contribution in [0.4, 0.5) is 10.5 Å². The van der Waals surface area contributed by atoms with Gasteiger partial charge in [-0.1, -0.05) is 42.5 Å². The summed E-state index contributed by atoms with van der Waals surface area (Å²) in [7, 11) is 0. The SMILES string of the molecule is O=C1NCCN1CCN1C(=O)c2ccccc2N[C@@H]1c1ccccc1. The minimum atomic E-state index is -0.241. The second-order valence-electron chi connectivity index (χ2n) is 6.22. The van der Waals surface area contributed by atoms with E-state index in [4.69, 9.17) is 0 Å². The van der Waals surface area contributed by atoms with E-state index >= 15 is 0 Å². The molecular formula is C19H20N4O2. The van der Waals surface area contributed by atoms with Crippen molar-refractivity contribution in [2.24, 2.45) is 0 Å². The molecule has 2 aromatic rings. The highest BCUT2D eigenvalue weighted by atomic mass is 16.2. The topological polar surface area (TPSA) is 64.7 Å². The van der Waals surface area contributed by atoms with E-state index in [1.807, 2.05) is 59.5 Å². The molecule has 0 spiro atoms. The van der Waals surface area contributed by atoms with Crippen molar-refractivity contribution in [3.05, 3.63) is 65.7 Å². The van der Waals surface area contributed by atoms with Crippen LogP contribution in [0.15, 0.2) is 54.6 Å². The Morgan fingerprint density at radius 2 is 1.72 bits per heavy atom. The second-order valence-corrected chi connectivity index (χ2v) is 6.22. The molecule has 0 unspecified atom stereocenters. The molecule has 6 heteroatoms. The largest absolute Gasteiger partial charge is 0.361 e. The quantitative estimate of drug-likeness (QED) is 0.900. The second kappa shape index (κ2) is 6.47. The lowest BCUT2D eigenvalue weighted by molar-refractivity contribution is 0.0668. The lowest BCUT2D eigenvalue weighted by Crippen LogP contribution is -2.46. The highest BCUT2D eigenvalue weighted by Crippen LogP contribution is 2.32. The molecule has 0 aliphatic carbocycles. The minimum absolute atomic E-state index is 0.0113. The molecule has 0 bridgehead atoms. The summed E-state index contributed by atoms with van der Waals surface area (Å²) in [5.74, 6) is -0.0113. The molecule has 2 aliphatic rings. The van der Waals surface area contributed by atoms with Crippen LogP contribution < -0.4 is 10.6 Å². The zero-order chi connectivity index (χ0) is 17.2. The number of amides is 3. The predicted molar refractivity (Wildman–Crippen MR) is 95.3 cm³/mol. The summed E-state index contributed by atoms with van der Waals surface area (Å²) in [4.78, 5) is 28.4. The molecular weight excluding hydrogens is 316 g/mol. The zero-order valence-corrected chi connectivity index (χ0v) is 13.8. The average Bonchev–Trinajstić information content (AvgIpc) is 3.06. The van der Waals surface area contributed by atoms with Gasteiger partial charge in [-0.3, -0.25) is 4.79 Å². The molecule has 2 aliphatic heterocycles. The Bertz CT molecular complexity index is 793. The Kier molecular flexibility index (Phi) is 4.01. The van der Waals surface area contributed by atoms with Crippen molar-refractivity contribution in [2.45, 2.75) is 6.17 Å². The van der Waals surface area contributed by atoms with Crippen molar-refractivity contribution in [2.75, 3.05) is 31.5 Å². The van der Waals surface area contributed by atoms with Gasteiger partial charge >= 0.3 is 6.03 Å². The number of nitrogens with zero attached hydrogens (tertiary/aromatic N) is 2. The van der Waals surface area contributed by atoms with Crippen LogP contribution in [0.3, 0.4) is 0 Å². The fourth-order valence-corrected chi connectivity index (χ4v) is 3.37. The smallest absolute Gasteiger partial charge is 0.317 e. The monoisotopic (exact) mass is 336 g/mol. The van der Waals surface area contributed by atoms with Gasteiger partial charge in [-0.2, -0.15) is 0 Å². The summed E-state index contributed by atoms with van der Waals surface area (Å²) < 4.78 is 0. The summed E-state index contributed by atoms with van der Waals surface area (Å²) in [5.41, 5.74) is 2.54. The Morgan fingerprint density at radius 3 is 2.48 bits per heavy atom. The van der Waals surface area contributed by atoms with Crippen LogP contribution in [0, 0.1) is 0 Å². The minimum Gasteiger partial charge on any atom is -0.361 e. The van der Waals surface area contributed by atoms with E-state index in [-0.39, 0.29) is 18.1 Å². The van der Waals surface area contributed by atoms with Crippen LogP contribution >= 0.6 is 0 Å². The molecule has 1 fully saturated rings. The van der Waals surface area contributed by atoms with Crippen LogP contribution in [0.1, 0.15) is 22.1 Å². The number of rotatable bonds is 4. The van der Waals surface area contributed by atoms with E-state index in [0.717, 1.165) is 11.3 Å². The lowest BCUT2D eigenvalue weighted by Gasteiger charge is -2.38. The van der Waals surface area contributed by atoms with Gasteiger partial charge in [0.15, 0.2) is 0 Å². The van der Waals surface area contributed by atoms with Crippen molar-refractivity contribution in [3.63, 3.8) is 0 Å². The van der Waals surface area contributed by atoms with Crippen molar-refractivity contribution in [1.29, 1.82) is 0 Å². The summed E-state index contributed by atoms with van der Waals surface area (Å²) in [6.45, 7) is 2.34. The number of para-hydroxylation sites is 1. The number of nitrogens with one attached hydrogen (secondary N) is 2. The van der Waals surface area contributed by atoms with Crippen molar-refractivity contribution < 1.29 is 9.59 Å². The third-order valence-electron chi connectivity index (χ3n) is 4.69. The number of anilines is 1. The van der Waals surface area contributed by atoms with E-state index in [1.165, 1.54) is 0 Å². The Labute approximate surface area is 146 Å². The van der Waals surface area contributed by atoms with Gasteiger partial charge in [0.2, 0.25) is 0 Å². The van der Waals surface area contributed by atoms with Gasteiger partial charge in [0.25, 0.3) is 5.91 Å². The van der Waals surface area contributed by atoms with Crippen LogP contribution in [0.25, 0.3) is 0 Å². The van der Waals surface area contributed by atoms with Gasteiger partial charge in [-0.15, -0.1) is 0 Å². The lowest BCUT2D eigenvalue weighted by atomic mass is 10.0. The highest BCUT2D eigenvalue weighted by molar-refractivity contribution is 6.01. The molecule has 2 heterocycles. The molecule has 0 saturated carbocycles. The third-order valence-corrected chi connectivity index (χ3v) is 4.69.